The number of carbonyl (C=O) groups excluding carboxylic acids is 1. The molecule has 0 saturated carbocycles. The lowest BCUT2D eigenvalue weighted by atomic mass is 10.2. The fourth-order valence-corrected chi connectivity index (χ4v) is 4.67. The molecule has 0 radical (unpaired) electrons. The van der Waals surface area contributed by atoms with Gasteiger partial charge in [-0.15, -0.1) is 0 Å². The molecule has 2 aromatic rings. The standard InChI is InChI=1S/C18H18N2O4S2/c1-3-20(4-2)26(22,23)15-7-5-6-14(11-15)17-19-16(18(21)24-17)10-13-8-9-25-12-13/h5-12H,3-4H2,1-2H3/b16-10-. The molecule has 0 fully saturated rings. The van der Waals surface area contributed by atoms with E-state index < -0.39 is 16.0 Å². The van der Waals surface area contributed by atoms with Crippen LogP contribution >= 0.6 is 11.3 Å². The van der Waals surface area contributed by atoms with Crippen LogP contribution in [0.15, 0.2) is 56.7 Å². The Balaban J connectivity index is 1.95. The summed E-state index contributed by atoms with van der Waals surface area (Å²) in [5.41, 5.74) is 1.50. The van der Waals surface area contributed by atoms with E-state index in [-0.39, 0.29) is 16.5 Å². The Morgan fingerprint density at radius 2 is 2.00 bits per heavy atom. The fourth-order valence-electron chi connectivity index (χ4n) is 2.55. The number of aliphatic imine (C=N–C) groups is 1. The van der Waals surface area contributed by atoms with E-state index in [1.807, 2.05) is 16.8 Å². The maximum Gasteiger partial charge on any atom is 0.363 e. The highest BCUT2D eigenvalue weighted by atomic mass is 32.2. The molecule has 3 rings (SSSR count). The summed E-state index contributed by atoms with van der Waals surface area (Å²) in [4.78, 5) is 16.4. The lowest BCUT2D eigenvalue weighted by molar-refractivity contribution is -0.129. The van der Waals surface area contributed by atoms with Crippen molar-refractivity contribution in [2.45, 2.75) is 18.7 Å². The molecule has 0 bridgehead atoms. The van der Waals surface area contributed by atoms with E-state index in [2.05, 4.69) is 4.99 Å². The van der Waals surface area contributed by atoms with Gasteiger partial charge in [0.15, 0.2) is 5.70 Å². The van der Waals surface area contributed by atoms with Crippen molar-refractivity contribution in [3.8, 4) is 0 Å². The number of hydrogen-bond acceptors (Lipinski definition) is 6. The second-order valence-electron chi connectivity index (χ2n) is 5.51. The molecule has 1 aromatic carbocycles. The van der Waals surface area contributed by atoms with Gasteiger partial charge in [-0.1, -0.05) is 19.9 Å². The number of cyclic esters (lactones) is 1. The maximum atomic E-state index is 12.7. The SMILES string of the molecule is CCN(CC)S(=O)(=O)c1cccc(C2=N/C(=C\c3ccsc3)C(=O)O2)c1. The Morgan fingerprint density at radius 1 is 1.23 bits per heavy atom. The number of carbonyl (C=O) groups is 1. The zero-order valence-corrected chi connectivity index (χ0v) is 16.0. The Morgan fingerprint density at radius 3 is 2.65 bits per heavy atom. The molecule has 0 saturated heterocycles. The Kier molecular flexibility index (Phi) is 5.36. The third kappa shape index (κ3) is 3.62. The number of benzene rings is 1. The van der Waals surface area contributed by atoms with Gasteiger partial charge in [-0.3, -0.25) is 0 Å². The van der Waals surface area contributed by atoms with E-state index in [0.717, 1.165) is 5.56 Å². The Hall–Kier alpha value is -2.29. The number of rotatable bonds is 6. The Bertz CT molecular complexity index is 972. The molecule has 1 aliphatic heterocycles. The number of ether oxygens (including phenoxy) is 1. The van der Waals surface area contributed by atoms with E-state index in [9.17, 15) is 13.2 Å². The molecule has 0 N–H and O–H groups in total. The van der Waals surface area contributed by atoms with Gasteiger partial charge >= 0.3 is 5.97 Å². The topological polar surface area (TPSA) is 76.0 Å². The third-order valence-electron chi connectivity index (χ3n) is 3.89. The summed E-state index contributed by atoms with van der Waals surface area (Å²) in [6.45, 7) is 4.34. The summed E-state index contributed by atoms with van der Waals surface area (Å²) >= 11 is 1.52. The van der Waals surface area contributed by atoms with Crippen molar-refractivity contribution in [3.63, 3.8) is 0 Å². The molecule has 136 valence electrons. The molecule has 1 aliphatic rings. The fraction of sp³-hybridized carbons (Fsp3) is 0.222. The molecule has 1 aromatic heterocycles. The zero-order valence-electron chi connectivity index (χ0n) is 14.4. The van der Waals surface area contributed by atoms with Crippen LogP contribution in [0.2, 0.25) is 0 Å². The number of nitrogens with zero attached hydrogens (tertiary/aromatic N) is 2. The van der Waals surface area contributed by atoms with Crippen LogP contribution in [-0.2, 0) is 19.6 Å². The molecule has 0 unspecified atom stereocenters. The molecule has 6 nitrogen and oxygen atoms in total. The van der Waals surface area contributed by atoms with Crippen LogP contribution in [0.25, 0.3) is 6.08 Å². The Labute approximate surface area is 156 Å². The predicted octanol–water partition coefficient (Wildman–Crippen LogP) is 3.12. The lowest BCUT2D eigenvalue weighted by Crippen LogP contribution is -2.30. The smallest absolute Gasteiger partial charge is 0.363 e. The number of sulfonamides is 1. The number of thiophene rings is 1. The highest BCUT2D eigenvalue weighted by Crippen LogP contribution is 2.23. The van der Waals surface area contributed by atoms with Crippen LogP contribution in [0, 0.1) is 0 Å². The van der Waals surface area contributed by atoms with Gasteiger partial charge < -0.3 is 4.74 Å². The maximum absolute atomic E-state index is 12.7. The van der Waals surface area contributed by atoms with Crippen molar-refractivity contribution < 1.29 is 17.9 Å². The summed E-state index contributed by atoms with van der Waals surface area (Å²) in [6, 6.07) is 8.16. The molecular formula is C18H18N2O4S2. The molecule has 26 heavy (non-hydrogen) atoms. The predicted molar refractivity (Wildman–Crippen MR) is 101 cm³/mol. The van der Waals surface area contributed by atoms with Gasteiger partial charge in [0.2, 0.25) is 15.9 Å². The minimum absolute atomic E-state index is 0.105. The van der Waals surface area contributed by atoms with Gasteiger partial charge in [0.05, 0.1) is 4.90 Å². The van der Waals surface area contributed by atoms with Crippen LogP contribution in [-0.4, -0.2) is 37.7 Å². The average molecular weight is 390 g/mol. The van der Waals surface area contributed by atoms with Crippen molar-refractivity contribution in [3.05, 3.63) is 57.9 Å². The van der Waals surface area contributed by atoms with Crippen molar-refractivity contribution >= 4 is 39.3 Å². The molecule has 0 spiro atoms. The van der Waals surface area contributed by atoms with Gasteiger partial charge in [-0.25, -0.2) is 18.2 Å². The average Bonchev–Trinajstić information content (AvgIpc) is 3.27. The van der Waals surface area contributed by atoms with Crippen LogP contribution in [0.3, 0.4) is 0 Å². The van der Waals surface area contributed by atoms with E-state index in [0.29, 0.717) is 18.7 Å². The highest BCUT2D eigenvalue weighted by Gasteiger charge is 2.27. The molecule has 8 heteroatoms. The van der Waals surface area contributed by atoms with Crippen molar-refractivity contribution in [2.24, 2.45) is 4.99 Å². The normalized spacial score (nSPS) is 16.2. The van der Waals surface area contributed by atoms with Gasteiger partial charge in [0, 0.05) is 18.7 Å². The zero-order chi connectivity index (χ0) is 18.7. The number of esters is 1. The largest absolute Gasteiger partial charge is 0.402 e. The summed E-state index contributed by atoms with van der Waals surface area (Å²) in [7, 11) is -3.60. The molecule has 0 aliphatic carbocycles. The van der Waals surface area contributed by atoms with Gasteiger partial charge in [0.1, 0.15) is 0 Å². The monoisotopic (exact) mass is 390 g/mol. The first kappa shape index (κ1) is 18.5. The third-order valence-corrected chi connectivity index (χ3v) is 6.64. The molecule has 2 heterocycles. The van der Waals surface area contributed by atoms with Crippen molar-refractivity contribution in [1.82, 2.24) is 4.31 Å². The quantitative estimate of drug-likeness (QED) is 0.561. The molecular weight excluding hydrogens is 372 g/mol. The summed E-state index contributed by atoms with van der Waals surface area (Å²) < 4.78 is 31.9. The summed E-state index contributed by atoms with van der Waals surface area (Å²) in [6.07, 6.45) is 1.64. The second kappa shape index (κ2) is 7.53. The lowest BCUT2D eigenvalue weighted by Gasteiger charge is -2.18. The molecule has 0 amide bonds. The van der Waals surface area contributed by atoms with Crippen molar-refractivity contribution in [1.29, 1.82) is 0 Å². The first-order valence-electron chi connectivity index (χ1n) is 8.11. The van der Waals surface area contributed by atoms with E-state index >= 15 is 0 Å². The van der Waals surface area contributed by atoms with E-state index in [4.69, 9.17) is 4.74 Å². The number of hydrogen-bond donors (Lipinski definition) is 0. The van der Waals surface area contributed by atoms with Crippen LogP contribution in [0.1, 0.15) is 25.0 Å². The van der Waals surface area contributed by atoms with Gasteiger partial charge in [-0.2, -0.15) is 15.6 Å². The molecule has 0 atom stereocenters. The first-order valence-corrected chi connectivity index (χ1v) is 10.5. The second-order valence-corrected chi connectivity index (χ2v) is 8.23. The van der Waals surface area contributed by atoms with Crippen LogP contribution in [0.4, 0.5) is 0 Å². The minimum atomic E-state index is -3.60. The first-order chi connectivity index (χ1) is 12.5. The minimum Gasteiger partial charge on any atom is -0.402 e. The summed E-state index contributed by atoms with van der Waals surface area (Å²) in [5.74, 6) is -0.448. The van der Waals surface area contributed by atoms with Gasteiger partial charge in [-0.05, 0) is 46.7 Å². The van der Waals surface area contributed by atoms with Crippen molar-refractivity contribution in [2.75, 3.05) is 13.1 Å². The van der Waals surface area contributed by atoms with Gasteiger partial charge in [0.25, 0.3) is 0 Å². The summed E-state index contributed by atoms with van der Waals surface area (Å²) in [5, 5.41) is 3.80. The van der Waals surface area contributed by atoms with Crippen LogP contribution < -0.4 is 0 Å². The highest BCUT2D eigenvalue weighted by molar-refractivity contribution is 7.89. The van der Waals surface area contributed by atoms with E-state index in [1.54, 1.807) is 32.1 Å². The van der Waals surface area contributed by atoms with Crippen LogP contribution in [0.5, 0.6) is 0 Å². The van der Waals surface area contributed by atoms with E-state index in [1.165, 1.54) is 27.8 Å².